The van der Waals surface area contributed by atoms with Gasteiger partial charge in [0.25, 0.3) is 0 Å². The van der Waals surface area contributed by atoms with Crippen LogP contribution in [0.25, 0.3) is 0 Å². The van der Waals surface area contributed by atoms with Crippen LogP contribution in [0.5, 0.6) is 0 Å². The first-order chi connectivity index (χ1) is 7.22. The lowest BCUT2D eigenvalue weighted by Crippen LogP contribution is -2.20. The van der Waals surface area contributed by atoms with Gasteiger partial charge in [0.15, 0.2) is 0 Å². The lowest BCUT2D eigenvalue weighted by atomic mass is 10.2. The molecule has 1 N–H and O–H groups in total. The fourth-order valence-corrected chi connectivity index (χ4v) is 1.54. The lowest BCUT2D eigenvalue weighted by Gasteiger charge is -2.15. The highest BCUT2D eigenvalue weighted by molar-refractivity contribution is 5.09. The highest BCUT2D eigenvalue weighted by atomic mass is 16.2. The summed E-state index contributed by atoms with van der Waals surface area (Å²) < 4.78 is 0. The van der Waals surface area contributed by atoms with Gasteiger partial charge in [0.2, 0.25) is 0 Å². The van der Waals surface area contributed by atoms with Gasteiger partial charge in [0.05, 0.1) is 5.69 Å². The van der Waals surface area contributed by atoms with E-state index in [4.69, 9.17) is 5.11 Å². The van der Waals surface area contributed by atoms with Crippen LogP contribution in [0, 0.1) is 6.92 Å². The number of hydrogen-bond donors (Lipinski definition) is 1. The fraction of sp³-hybridized carbons (Fsp3) is 0.583. The first-order valence-corrected chi connectivity index (χ1v) is 5.44. The highest BCUT2D eigenvalue weighted by Gasteiger charge is 2.01. The first kappa shape index (κ1) is 12.1. The molecular formula is C12H20N2O. The second-order valence-corrected chi connectivity index (χ2v) is 3.94. The van der Waals surface area contributed by atoms with Crippen molar-refractivity contribution in [3.05, 3.63) is 29.6 Å². The summed E-state index contributed by atoms with van der Waals surface area (Å²) in [5.41, 5.74) is 2.18. The Kier molecular flexibility index (Phi) is 5.29. The molecule has 0 saturated heterocycles. The Hall–Kier alpha value is -0.930. The van der Waals surface area contributed by atoms with Crippen LogP contribution in [0.4, 0.5) is 0 Å². The summed E-state index contributed by atoms with van der Waals surface area (Å²) in [6.45, 7) is 4.19. The van der Waals surface area contributed by atoms with Crippen molar-refractivity contribution in [1.29, 1.82) is 0 Å². The SMILES string of the molecule is Cc1cccc(CN(C)CCCCO)n1. The van der Waals surface area contributed by atoms with Gasteiger partial charge in [-0.3, -0.25) is 4.98 Å². The van der Waals surface area contributed by atoms with Crippen molar-refractivity contribution < 1.29 is 5.11 Å². The Morgan fingerprint density at radius 2 is 2.13 bits per heavy atom. The van der Waals surface area contributed by atoms with Crippen LogP contribution in [0.15, 0.2) is 18.2 Å². The number of unbranched alkanes of at least 4 members (excludes halogenated alkanes) is 1. The maximum Gasteiger partial charge on any atom is 0.0547 e. The Morgan fingerprint density at radius 3 is 2.80 bits per heavy atom. The van der Waals surface area contributed by atoms with E-state index in [1.165, 1.54) is 0 Å². The Bertz CT molecular complexity index is 289. The smallest absolute Gasteiger partial charge is 0.0547 e. The average molecular weight is 208 g/mol. The molecule has 0 spiro atoms. The molecule has 15 heavy (non-hydrogen) atoms. The molecule has 84 valence electrons. The van der Waals surface area contributed by atoms with E-state index in [9.17, 15) is 0 Å². The zero-order valence-electron chi connectivity index (χ0n) is 9.61. The normalized spacial score (nSPS) is 10.9. The molecule has 1 aromatic heterocycles. The number of aromatic nitrogens is 1. The number of pyridine rings is 1. The molecule has 0 unspecified atom stereocenters. The maximum atomic E-state index is 8.67. The minimum Gasteiger partial charge on any atom is -0.396 e. The number of aliphatic hydroxyl groups is 1. The van der Waals surface area contributed by atoms with E-state index in [1.54, 1.807) is 0 Å². The lowest BCUT2D eigenvalue weighted by molar-refractivity contribution is 0.260. The van der Waals surface area contributed by atoms with Crippen molar-refractivity contribution >= 4 is 0 Å². The van der Waals surface area contributed by atoms with Crippen LogP contribution in [0.3, 0.4) is 0 Å². The monoisotopic (exact) mass is 208 g/mol. The molecule has 0 fully saturated rings. The zero-order chi connectivity index (χ0) is 11.1. The molecule has 0 aliphatic heterocycles. The molecule has 1 rings (SSSR count). The van der Waals surface area contributed by atoms with Crippen LogP contribution in [-0.2, 0) is 6.54 Å². The Labute approximate surface area is 91.8 Å². The summed E-state index contributed by atoms with van der Waals surface area (Å²) in [5, 5.41) is 8.67. The molecule has 0 aliphatic rings. The third-order valence-electron chi connectivity index (χ3n) is 2.33. The van der Waals surface area contributed by atoms with E-state index in [0.717, 1.165) is 37.3 Å². The first-order valence-electron chi connectivity index (χ1n) is 5.44. The highest BCUT2D eigenvalue weighted by Crippen LogP contribution is 2.02. The summed E-state index contributed by atoms with van der Waals surface area (Å²) in [6, 6.07) is 6.10. The van der Waals surface area contributed by atoms with Gasteiger partial charge < -0.3 is 10.0 Å². The summed E-state index contributed by atoms with van der Waals surface area (Å²) in [7, 11) is 2.08. The topological polar surface area (TPSA) is 36.4 Å². The molecule has 0 aliphatic carbocycles. The Morgan fingerprint density at radius 1 is 1.33 bits per heavy atom. The van der Waals surface area contributed by atoms with E-state index >= 15 is 0 Å². The summed E-state index contributed by atoms with van der Waals surface area (Å²) >= 11 is 0. The van der Waals surface area contributed by atoms with Crippen LogP contribution in [-0.4, -0.2) is 35.2 Å². The molecule has 1 heterocycles. The second kappa shape index (κ2) is 6.53. The van der Waals surface area contributed by atoms with Gasteiger partial charge in [-0.25, -0.2) is 0 Å². The number of aliphatic hydroxyl groups excluding tert-OH is 1. The maximum absolute atomic E-state index is 8.67. The minimum atomic E-state index is 0.288. The predicted molar refractivity (Wildman–Crippen MR) is 61.6 cm³/mol. The van der Waals surface area contributed by atoms with Gasteiger partial charge in [-0.1, -0.05) is 6.07 Å². The number of rotatable bonds is 6. The van der Waals surface area contributed by atoms with E-state index in [0.29, 0.717) is 0 Å². The molecule has 3 nitrogen and oxygen atoms in total. The fourth-order valence-electron chi connectivity index (χ4n) is 1.54. The minimum absolute atomic E-state index is 0.288. The van der Waals surface area contributed by atoms with E-state index in [2.05, 4.69) is 23.0 Å². The van der Waals surface area contributed by atoms with Crippen molar-refractivity contribution in [3.63, 3.8) is 0 Å². The average Bonchev–Trinajstić information content (AvgIpc) is 2.18. The van der Waals surface area contributed by atoms with E-state index in [1.807, 2.05) is 19.1 Å². The van der Waals surface area contributed by atoms with Crippen LogP contribution >= 0.6 is 0 Å². The molecule has 0 atom stereocenters. The van der Waals surface area contributed by atoms with Crippen molar-refractivity contribution in [2.24, 2.45) is 0 Å². The Balaban J connectivity index is 2.34. The molecule has 0 aromatic carbocycles. The third-order valence-corrected chi connectivity index (χ3v) is 2.33. The molecule has 0 bridgehead atoms. The predicted octanol–water partition coefficient (Wildman–Crippen LogP) is 1.59. The molecule has 3 heteroatoms. The molecule has 0 radical (unpaired) electrons. The number of hydrogen-bond acceptors (Lipinski definition) is 3. The molecule has 1 aromatic rings. The van der Waals surface area contributed by atoms with Gasteiger partial charge >= 0.3 is 0 Å². The molecule has 0 saturated carbocycles. The number of aryl methyl sites for hydroxylation is 1. The van der Waals surface area contributed by atoms with Crippen molar-refractivity contribution in [1.82, 2.24) is 9.88 Å². The van der Waals surface area contributed by atoms with Crippen LogP contribution in [0.2, 0.25) is 0 Å². The van der Waals surface area contributed by atoms with E-state index in [-0.39, 0.29) is 6.61 Å². The standard InChI is InChI=1S/C12H20N2O/c1-11-6-5-7-12(13-11)10-14(2)8-3-4-9-15/h5-7,15H,3-4,8-10H2,1-2H3. The van der Waals surface area contributed by atoms with Crippen LogP contribution < -0.4 is 0 Å². The van der Waals surface area contributed by atoms with Gasteiger partial charge in [-0.15, -0.1) is 0 Å². The van der Waals surface area contributed by atoms with Gasteiger partial charge in [0.1, 0.15) is 0 Å². The van der Waals surface area contributed by atoms with Gasteiger partial charge in [0, 0.05) is 18.8 Å². The quantitative estimate of drug-likeness (QED) is 0.721. The number of nitrogens with zero attached hydrogens (tertiary/aromatic N) is 2. The zero-order valence-corrected chi connectivity index (χ0v) is 9.61. The molecular weight excluding hydrogens is 188 g/mol. The summed E-state index contributed by atoms with van der Waals surface area (Å²) in [5.74, 6) is 0. The van der Waals surface area contributed by atoms with Crippen molar-refractivity contribution in [2.45, 2.75) is 26.3 Å². The van der Waals surface area contributed by atoms with Crippen LogP contribution in [0.1, 0.15) is 24.2 Å². The largest absolute Gasteiger partial charge is 0.396 e. The summed E-state index contributed by atoms with van der Waals surface area (Å²) in [4.78, 5) is 6.68. The van der Waals surface area contributed by atoms with Crippen molar-refractivity contribution in [2.75, 3.05) is 20.2 Å². The van der Waals surface area contributed by atoms with Gasteiger partial charge in [-0.05, 0) is 45.5 Å². The third kappa shape index (κ3) is 4.91. The molecule has 0 amide bonds. The summed E-state index contributed by atoms with van der Waals surface area (Å²) in [6.07, 6.45) is 1.92. The van der Waals surface area contributed by atoms with Gasteiger partial charge in [-0.2, -0.15) is 0 Å². The van der Waals surface area contributed by atoms with E-state index < -0.39 is 0 Å². The second-order valence-electron chi connectivity index (χ2n) is 3.94. The van der Waals surface area contributed by atoms with Crippen molar-refractivity contribution in [3.8, 4) is 0 Å².